The number of amides is 2. The maximum absolute atomic E-state index is 13.1. The SMILES string of the molecule is CC(C)(C)c1cc(NC(=O)NCc2ccccc2Oc2ccnc(N3CCOCC3)n2)n(-c2cccc(C(=O)O)c2)n1.[H-].[Na+]. The molecule has 5 rings (SSSR count). The van der Waals surface area contributed by atoms with E-state index in [1.807, 2.05) is 49.9 Å². The third-order valence-corrected chi connectivity index (χ3v) is 6.59. The van der Waals surface area contributed by atoms with Gasteiger partial charge in [-0.2, -0.15) is 10.1 Å². The second-order valence-electron chi connectivity index (χ2n) is 10.7. The molecule has 13 heteroatoms. The van der Waals surface area contributed by atoms with Gasteiger partial charge < -0.3 is 26.2 Å². The number of para-hydroxylation sites is 1. The van der Waals surface area contributed by atoms with Gasteiger partial charge in [0.1, 0.15) is 11.6 Å². The fourth-order valence-corrected chi connectivity index (χ4v) is 4.31. The van der Waals surface area contributed by atoms with Crippen LogP contribution in [0.2, 0.25) is 0 Å². The fraction of sp³-hybridized carbons (Fsp3) is 0.300. The molecule has 0 aliphatic carbocycles. The quantitative estimate of drug-likeness (QED) is 0.260. The number of morpholine rings is 1. The van der Waals surface area contributed by atoms with Crippen molar-refractivity contribution in [2.75, 3.05) is 36.5 Å². The molecule has 1 aliphatic rings. The van der Waals surface area contributed by atoms with Crippen LogP contribution in [0.1, 0.15) is 43.8 Å². The van der Waals surface area contributed by atoms with Gasteiger partial charge in [-0.05, 0) is 24.3 Å². The Labute approximate surface area is 273 Å². The topological polar surface area (TPSA) is 144 Å². The van der Waals surface area contributed by atoms with Crippen molar-refractivity contribution in [1.29, 1.82) is 0 Å². The maximum Gasteiger partial charge on any atom is 1.00 e. The predicted octanol–water partition coefficient (Wildman–Crippen LogP) is 1.73. The van der Waals surface area contributed by atoms with Crippen LogP contribution in [-0.2, 0) is 16.7 Å². The van der Waals surface area contributed by atoms with Gasteiger partial charge in [-0.1, -0.05) is 45.0 Å². The van der Waals surface area contributed by atoms with E-state index in [1.54, 1.807) is 30.5 Å². The number of aromatic nitrogens is 4. The Kier molecular flexibility index (Phi) is 10.4. The molecule has 3 heterocycles. The molecular formula is C30H34N7NaO5. The Morgan fingerprint density at radius 2 is 1.84 bits per heavy atom. The van der Waals surface area contributed by atoms with Crippen molar-refractivity contribution in [2.24, 2.45) is 0 Å². The number of rotatable bonds is 8. The summed E-state index contributed by atoms with van der Waals surface area (Å²) in [7, 11) is 0. The van der Waals surface area contributed by atoms with E-state index in [0.717, 1.165) is 11.3 Å². The number of anilines is 2. The van der Waals surface area contributed by atoms with E-state index >= 15 is 0 Å². The summed E-state index contributed by atoms with van der Waals surface area (Å²) in [6.45, 7) is 8.87. The summed E-state index contributed by atoms with van der Waals surface area (Å²) < 4.78 is 13.0. The van der Waals surface area contributed by atoms with Crippen LogP contribution >= 0.6 is 0 Å². The van der Waals surface area contributed by atoms with Gasteiger partial charge in [-0.3, -0.25) is 5.32 Å². The van der Waals surface area contributed by atoms with Gasteiger partial charge in [0.15, 0.2) is 0 Å². The van der Waals surface area contributed by atoms with Crippen molar-refractivity contribution < 1.29 is 55.2 Å². The van der Waals surface area contributed by atoms with E-state index in [2.05, 4.69) is 25.7 Å². The van der Waals surface area contributed by atoms with Gasteiger partial charge in [-0.25, -0.2) is 19.3 Å². The molecular weight excluding hydrogens is 561 g/mol. The zero-order chi connectivity index (χ0) is 29.7. The number of urea groups is 1. The molecule has 0 radical (unpaired) electrons. The van der Waals surface area contributed by atoms with E-state index < -0.39 is 12.0 Å². The molecule has 220 valence electrons. The molecule has 0 unspecified atom stereocenters. The Morgan fingerprint density at radius 1 is 1.07 bits per heavy atom. The number of hydrogen-bond acceptors (Lipinski definition) is 8. The first-order valence-electron chi connectivity index (χ1n) is 13.6. The predicted molar refractivity (Wildman–Crippen MR) is 158 cm³/mol. The first-order chi connectivity index (χ1) is 20.2. The van der Waals surface area contributed by atoms with Gasteiger partial charge >= 0.3 is 41.6 Å². The number of carboxylic acids is 1. The summed E-state index contributed by atoms with van der Waals surface area (Å²) in [6.07, 6.45) is 1.66. The van der Waals surface area contributed by atoms with Crippen LogP contribution in [0.4, 0.5) is 16.6 Å². The third-order valence-electron chi connectivity index (χ3n) is 6.59. The molecule has 43 heavy (non-hydrogen) atoms. The van der Waals surface area contributed by atoms with Crippen LogP contribution in [0.5, 0.6) is 11.6 Å². The second-order valence-corrected chi connectivity index (χ2v) is 10.7. The van der Waals surface area contributed by atoms with Crippen LogP contribution in [0, 0.1) is 0 Å². The van der Waals surface area contributed by atoms with Crippen LogP contribution in [0.3, 0.4) is 0 Å². The summed E-state index contributed by atoms with van der Waals surface area (Å²) >= 11 is 0. The largest absolute Gasteiger partial charge is 1.00 e. The number of benzene rings is 2. The zero-order valence-electron chi connectivity index (χ0n) is 25.7. The van der Waals surface area contributed by atoms with Gasteiger partial charge in [0.25, 0.3) is 0 Å². The molecule has 1 saturated heterocycles. The number of ether oxygens (including phenoxy) is 2. The van der Waals surface area contributed by atoms with Crippen LogP contribution in [0.25, 0.3) is 5.69 Å². The summed E-state index contributed by atoms with van der Waals surface area (Å²) in [5.74, 6) is 0.875. The van der Waals surface area contributed by atoms with Gasteiger partial charge in [0.05, 0.1) is 30.2 Å². The zero-order valence-corrected chi connectivity index (χ0v) is 26.7. The molecule has 2 amide bonds. The Hall–Kier alpha value is -3.97. The Balaban J connectivity index is 0.00000264. The maximum atomic E-state index is 13.1. The molecule has 1 aliphatic heterocycles. The minimum Gasteiger partial charge on any atom is -1.00 e. The van der Waals surface area contributed by atoms with Crippen LogP contribution < -0.4 is 49.8 Å². The summed E-state index contributed by atoms with van der Waals surface area (Å²) in [5.41, 5.74) is 1.81. The van der Waals surface area contributed by atoms with Crippen LogP contribution in [0.15, 0.2) is 66.9 Å². The molecule has 0 spiro atoms. The van der Waals surface area contributed by atoms with E-state index in [4.69, 9.17) is 9.47 Å². The number of carbonyl (C=O) groups is 2. The molecule has 4 aromatic rings. The van der Waals surface area contributed by atoms with Crippen molar-refractivity contribution in [1.82, 2.24) is 25.1 Å². The molecule has 0 bridgehead atoms. The smallest absolute Gasteiger partial charge is 1.00 e. The number of aromatic carboxylic acids is 1. The van der Waals surface area contributed by atoms with Crippen molar-refractivity contribution >= 4 is 23.8 Å². The molecule has 0 atom stereocenters. The monoisotopic (exact) mass is 595 g/mol. The Morgan fingerprint density at radius 3 is 2.58 bits per heavy atom. The third kappa shape index (κ3) is 8.11. The number of nitrogens with one attached hydrogen (secondary N) is 2. The van der Waals surface area contributed by atoms with Crippen LogP contribution in [-0.4, -0.2) is 63.2 Å². The minimum atomic E-state index is -1.05. The van der Waals surface area contributed by atoms with Gasteiger partial charge in [0, 0.05) is 48.9 Å². The van der Waals surface area contributed by atoms with Crippen molar-refractivity contribution in [2.45, 2.75) is 32.7 Å². The first kappa shape index (κ1) is 32.0. The van der Waals surface area contributed by atoms with E-state index in [1.165, 1.54) is 16.8 Å². The standard InChI is InChI=1S/C30H33N7O5.Na.H/c1-30(2,3)24-18-25(37(35-24)22-9-6-8-20(17-22)27(38)39)33-29(40)32-19-21-7-4-5-10-23(21)42-26-11-12-31-28(34-26)36-13-15-41-16-14-36;;/h4-12,17-18H,13-16,19H2,1-3H3,(H,38,39)(H2,32,33,40);;/q;+1;-1. The molecule has 12 nitrogen and oxygen atoms in total. The van der Waals surface area contributed by atoms with Crippen molar-refractivity contribution in [3.8, 4) is 17.3 Å². The van der Waals surface area contributed by atoms with E-state index in [9.17, 15) is 14.7 Å². The number of carboxylic acid groups (broad SMARTS) is 1. The van der Waals surface area contributed by atoms with E-state index in [-0.39, 0.29) is 48.5 Å². The summed E-state index contributed by atoms with van der Waals surface area (Å²) in [4.78, 5) is 35.5. The van der Waals surface area contributed by atoms with Crippen molar-refractivity contribution in [3.05, 3.63) is 83.7 Å². The summed E-state index contributed by atoms with van der Waals surface area (Å²) in [5, 5.41) is 19.8. The van der Waals surface area contributed by atoms with Gasteiger partial charge in [0.2, 0.25) is 11.8 Å². The normalized spacial score (nSPS) is 13.1. The molecule has 2 aromatic carbocycles. The number of nitrogens with zero attached hydrogens (tertiary/aromatic N) is 5. The number of carbonyl (C=O) groups excluding carboxylic acids is 1. The van der Waals surface area contributed by atoms with E-state index in [0.29, 0.717) is 55.4 Å². The Bertz CT molecular complexity index is 1590. The first-order valence-corrected chi connectivity index (χ1v) is 13.6. The van der Waals surface area contributed by atoms with Crippen molar-refractivity contribution in [3.63, 3.8) is 0 Å². The second kappa shape index (κ2) is 14.0. The molecule has 0 saturated carbocycles. The average Bonchev–Trinajstić information content (AvgIpc) is 3.42. The fourth-order valence-electron chi connectivity index (χ4n) is 4.31. The molecule has 3 N–H and O–H groups in total. The average molecular weight is 596 g/mol. The van der Waals surface area contributed by atoms with Gasteiger partial charge in [-0.15, -0.1) is 0 Å². The summed E-state index contributed by atoms with van der Waals surface area (Å²) in [6, 6.07) is 16.8. The minimum absolute atomic E-state index is 0. The molecule has 2 aromatic heterocycles. The molecule has 1 fully saturated rings. The number of hydrogen-bond donors (Lipinski definition) is 3.